The Labute approximate surface area is 115 Å². The van der Waals surface area contributed by atoms with Crippen LogP contribution in [0.4, 0.5) is 0 Å². The van der Waals surface area contributed by atoms with Gasteiger partial charge in [-0.25, -0.2) is 0 Å². The lowest BCUT2D eigenvalue weighted by molar-refractivity contribution is -0.137. The van der Waals surface area contributed by atoms with E-state index in [9.17, 15) is 9.59 Å². The summed E-state index contributed by atoms with van der Waals surface area (Å²) in [6.07, 6.45) is 3.50. The lowest BCUT2D eigenvalue weighted by Gasteiger charge is -2.36. The number of carbonyl (C=O) groups is 2. The average molecular weight is 269 g/mol. The van der Waals surface area contributed by atoms with E-state index in [2.05, 4.69) is 12.2 Å². The minimum absolute atomic E-state index is 0.0803. The molecule has 0 aromatic rings. The van der Waals surface area contributed by atoms with Gasteiger partial charge in [-0.2, -0.15) is 0 Å². The van der Waals surface area contributed by atoms with Gasteiger partial charge in [0, 0.05) is 13.6 Å². The number of nitrogens with one attached hydrogen (secondary N) is 1. The molecule has 5 heteroatoms. The summed E-state index contributed by atoms with van der Waals surface area (Å²) in [5, 5.41) is 2.77. The molecule has 3 atom stereocenters. The predicted molar refractivity (Wildman–Crippen MR) is 75.5 cm³/mol. The van der Waals surface area contributed by atoms with Gasteiger partial charge in [-0.15, -0.1) is 0 Å². The van der Waals surface area contributed by atoms with Crippen molar-refractivity contribution in [3.63, 3.8) is 0 Å². The topological polar surface area (TPSA) is 75.4 Å². The molecule has 1 aliphatic carbocycles. The van der Waals surface area contributed by atoms with Crippen LogP contribution in [0.15, 0.2) is 0 Å². The first kappa shape index (κ1) is 16.0. The Morgan fingerprint density at radius 2 is 2.16 bits per heavy atom. The highest BCUT2D eigenvalue weighted by atomic mass is 16.2. The zero-order valence-electron chi connectivity index (χ0n) is 12.5. The summed E-state index contributed by atoms with van der Waals surface area (Å²) in [7, 11) is 1.73. The number of nitrogens with zero attached hydrogens (tertiary/aromatic N) is 1. The van der Waals surface area contributed by atoms with Crippen molar-refractivity contribution in [1.82, 2.24) is 10.2 Å². The summed E-state index contributed by atoms with van der Waals surface area (Å²) < 4.78 is 0. The number of hydrogen-bond acceptors (Lipinski definition) is 3. The fraction of sp³-hybridized carbons (Fsp3) is 0.857. The van der Waals surface area contributed by atoms with Crippen molar-refractivity contribution in [2.75, 3.05) is 13.6 Å². The fourth-order valence-corrected chi connectivity index (χ4v) is 2.69. The van der Waals surface area contributed by atoms with E-state index in [-0.39, 0.29) is 11.8 Å². The molecule has 0 spiro atoms. The van der Waals surface area contributed by atoms with Crippen LogP contribution in [0.2, 0.25) is 0 Å². The standard InChI is InChI=1S/C14H27N3O2/c1-5-17(4)12(18)11(3)16-13(19)14(15)8-6-7-10(2)9-14/h10-11H,5-9,15H2,1-4H3,(H,16,19). The fourth-order valence-electron chi connectivity index (χ4n) is 2.69. The van der Waals surface area contributed by atoms with E-state index in [4.69, 9.17) is 5.73 Å². The van der Waals surface area contributed by atoms with E-state index in [0.717, 1.165) is 12.8 Å². The third-order valence-corrected chi connectivity index (χ3v) is 4.05. The van der Waals surface area contributed by atoms with Crippen molar-refractivity contribution in [2.24, 2.45) is 11.7 Å². The van der Waals surface area contributed by atoms with Crippen molar-refractivity contribution < 1.29 is 9.59 Å². The normalized spacial score (nSPS) is 28.6. The van der Waals surface area contributed by atoms with Gasteiger partial charge in [-0.1, -0.05) is 19.8 Å². The molecular weight excluding hydrogens is 242 g/mol. The van der Waals surface area contributed by atoms with E-state index in [0.29, 0.717) is 25.3 Å². The SMILES string of the molecule is CCN(C)C(=O)C(C)NC(=O)C1(N)CCCC(C)C1. The Morgan fingerprint density at radius 1 is 1.53 bits per heavy atom. The van der Waals surface area contributed by atoms with Gasteiger partial charge in [0.1, 0.15) is 6.04 Å². The highest BCUT2D eigenvalue weighted by molar-refractivity contribution is 5.91. The summed E-state index contributed by atoms with van der Waals surface area (Å²) in [4.78, 5) is 25.8. The molecule has 0 aromatic carbocycles. The molecule has 3 unspecified atom stereocenters. The molecule has 110 valence electrons. The van der Waals surface area contributed by atoms with Crippen LogP contribution in [0, 0.1) is 5.92 Å². The van der Waals surface area contributed by atoms with Crippen molar-refractivity contribution in [2.45, 2.75) is 58.0 Å². The maximum absolute atomic E-state index is 12.3. The molecule has 0 bridgehead atoms. The second kappa shape index (κ2) is 6.37. The molecule has 1 aliphatic rings. The monoisotopic (exact) mass is 269 g/mol. The number of carbonyl (C=O) groups excluding carboxylic acids is 2. The molecule has 0 aromatic heterocycles. The minimum Gasteiger partial charge on any atom is -0.344 e. The molecular formula is C14H27N3O2. The van der Waals surface area contributed by atoms with Gasteiger partial charge in [0.15, 0.2) is 0 Å². The van der Waals surface area contributed by atoms with Crippen LogP contribution in [-0.2, 0) is 9.59 Å². The number of likely N-dealkylation sites (N-methyl/N-ethyl adjacent to an activating group) is 1. The molecule has 5 nitrogen and oxygen atoms in total. The molecule has 1 rings (SSSR count). The third-order valence-electron chi connectivity index (χ3n) is 4.05. The van der Waals surface area contributed by atoms with Crippen molar-refractivity contribution >= 4 is 11.8 Å². The van der Waals surface area contributed by atoms with Crippen LogP contribution in [0.1, 0.15) is 46.5 Å². The highest BCUT2D eigenvalue weighted by Crippen LogP contribution is 2.30. The van der Waals surface area contributed by atoms with Crippen LogP contribution >= 0.6 is 0 Å². The Morgan fingerprint density at radius 3 is 2.68 bits per heavy atom. The Bertz CT molecular complexity index is 346. The summed E-state index contributed by atoms with van der Waals surface area (Å²) in [6.45, 7) is 6.36. The van der Waals surface area contributed by atoms with E-state index >= 15 is 0 Å². The molecule has 0 heterocycles. The molecule has 0 saturated heterocycles. The molecule has 0 radical (unpaired) electrons. The number of nitrogens with two attached hydrogens (primary N) is 1. The van der Waals surface area contributed by atoms with E-state index in [1.54, 1.807) is 18.9 Å². The average Bonchev–Trinajstić information content (AvgIpc) is 2.36. The molecule has 3 N–H and O–H groups in total. The van der Waals surface area contributed by atoms with Gasteiger partial charge in [-0.05, 0) is 32.6 Å². The van der Waals surface area contributed by atoms with Gasteiger partial charge in [0.25, 0.3) is 0 Å². The maximum Gasteiger partial charge on any atom is 0.244 e. The summed E-state index contributed by atoms with van der Waals surface area (Å²) in [5.41, 5.74) is 5.40. The van der Waals surface area contributed by atoms with Gasteiger partial charge in [0.2, 0.25) is 11.8 Å². The molecule has 1 fully saturated rings. The van der Waals surface area contributed by atoms with Crippen LogP contribution < -0.4 is 11.1 Å². The first-order valence-electron chi connectivity index (χ1n) is 7.15. The maximum atomic E-state index is 12.3. The molecule has 2 amide bonds. The van der Waals surface area contributed by atoms with E-state index < -0.39 is 11.6 Å². The largest absolute Gasteiger partial charge is 0.344 e. The molecule has 1 saturated carbocycles. The first-order valence-corrected chi connectivity index (χ1v) is 7.15. The van der Waals surface area contributed by atoms with Crippen LogP contribution in [0.25, 0.3) is 0 Å². The quantitative estimate of drug-likeness (QED) is 0.795. The van der Waals surface area contributed by atoms with Gasteiger partial charge < -0.3 is 16.0 Å². The first-order chi connectivity index (χ1) is 8.80. The zero-order valence-corrected chi connectivity index (χ0v) is 12.5. The van der Waals surface area contributed by atoms with Crippen molar-refractivity contribution in [3.05, 3.63) is 0 Å². The second-order valence-corrected chi connectivity index (χ2v) is 5.91. The van der Waals surface area contributed by atoms with Gasteiger partial charge in [-0.3, -0.25) is 9.59 Å². The Hall–Kier alpha value is -1.10. The lowest BCUT2D eigenvalue weighted by atomic mass is 9.76. The van der Waals surface area contributed by atoms with E-state index in [1.807, 2.05) is 6.92 Å². The summed E-state index contributed by atoms with van der Waals surface area (Å²) in [6, 6.07) is -0.518. The summed E-state index contributed by atoms with van der Waals surface area (Å²) >= 11 is 0. The highest BCUT2D eigenvalue weighted by Gasteiger charge is 2.39. The number of hydrogen-bond donors (Lipinski definition) is 2. The van der Waals surface area contributed by atoms with Crippen molar-refractivity contribution in [1.29, 1.82) is 0 Å². The zero-order chi connectivity index (χ0) is 14.6. The number of amides is 2. The van der Waals surface area contributed by atoms with Crippen molar-refractivity contribution in [3.8, 4) is 0 Å². The van der Waals surface area contributed by atoms with Crippen LogP contribution in [0.5, 0.6) is 0 Å². The Balaban J connectivity index is 2.61. The third kappa shape index (κ3) is 3.93. The van der Waals surface area contributed by atoms with E-state index in [1.165, 1.54) is 0 Å². The summed E-state index contributed by atoms with van der Waals surface area (Å²) in [5.74, 6) is 0.196. The smallest absolute Gasteiger partial charge is 0.244 e. The molecule has 19 heavy (non-hydrogen) atoms. The predicted octanol–water partition coefficient (Wildman–Crippen LogP) is 0.877. The molecule has 0 aliphatic heterocycles. The second-order valence-electron chi connectivity index (χ2n) is 5.91. The van der Waals surface area contributed by atoms with Gasteiger partial charge >= 0.3 is 0 Å². The Kier molecular flexibility index (Phi) is 5.35. The number of rotatable bonds is 4. The van der Waals surface area contributed by atoms with Crippen LogP contribution in [0.3, 0.4) is 0 Å². The van der Waals surface area contributed by atoms with Crippen LogP contribution in [-0.4, -0.2) is 41.9 Å². The lowest BCUT2D eigenvalue weighted by Crippen LogP contribution is -2.59. The minimum atomic E-state index is -0.809. The van der Waals surface area contributed by atoms with Gasteiger partial charge in [0.05, 0.1) is 5.54 Å².